The summed E-state index contributed by atoms with van der Waals surface area (Å²) in [5.74, 6) is -9.89. The lowest BCUT2D eigenvalue weighted by Gasteiger charge is -2.14. The average molecular weight is 288 g/mol. The van der Waals surface area contributed by atoms with Crippen molar-refractivity contribution < 1.29 is 22.0 Å². The van der Waals surface area contributed by atoms with Crippen LogP contribution in [0.2, 0.25) is 0 Å². The van der Waals surface area contributed by atoms with Gasteiger partial charge in [0.15, 0.2) is 23.3 Å². The number of hydrogen-bond acceptors (Lipinski definition) is 1. The molecule has 18 heavy (non-hydrogen) atoms. The van der Waals surface area contributed by atoms with E-state index in [1.54, 1.807) is 0 Å². The van der Waals surface area contributed by atoms with Crippen LogP contribution in [0.4, 0.5) is 22.0 Å². The number of allylic oxidation sites excluding steroid dienone is 1. The van der Waals surface area contributed by atoms with Gasteiger partial charge in [-0.05, 0) is 12.8 Å². The molecule has 1 aromatic rings. The summed E-state index contributed by atoms with van der Waals surface area (Å²) in [4.78, 5) is 0. The van der Waals surface area contributed by atoms with Crippen molar-refractivity contribution in [3.05, 3.63) is 47.3 Å². The highest BCUT2D eigenvalue weighted by Gasteiger charge is 2.28. The Morgan fingerprint density at radius 1 is 0.944 bits per heavy atom. The maximum Gasteiger partial charge on any atom is 0.200 e. The van der Waals surface area contributed by atoms with Crippen LogP contribution >= 0.6 is 12.4 Å². The van der Waals surface area contributed by atoms with E-state index in [0.29, 0.717) is 6.42 Å². The minimum absolute atomic E-state index is 0. The molecule has 0 unspecified atom stereocenters. The summed E-state index contributed by atoms with van der Waals surface area (Å²) in [7, 11) is 0. The predicted molar refractivity (Wildman–Crippen MR) is 59.8 cm³/mol. The van der Waals surface area contributed by atoms with Gasteiger partial charge in [-0.15, -0.1) is 19.0 Å². The Kier molecular flexibility index (Phi) is 6.28. The summed E-state index contributed by atoms with van der Waals surface area (Å²) >= 11 is 0. The van der Waals surface area contributed by atoms with Crippen LogP contribution in [0.3, 0.4) is 0 Å². The van der Waals surface area contributed by atoms with Crippen LogP contribution in [0, 0.1) is 29.1 Å². The monoisotopic (exact) mass is 287 g/mol. The van der Waals surface area contributed by atoms with Crippen molar-refractivity contribution >= 4 is 12.4 Å². The van der Waals surface area contributed by atoms with Crippen LogP contribution in [-0.2, 0) is 0 Å². The molecule has 1 aromatic carbocycles. The topological polar surface area (TPSA) is 26.0 Å². The lowest BCUT2D eigenvalue weighted by molar-refractivity contribution is 0.362. The minimum atomic E-state index is -2.18. The summed E-state index contributed by atoms with van der Waals surface area (Å²) in [5, 5.41) is 0. The molecule has 2 N–H and O–H groups in total. The first-order chi connectivity index (χ1) is 7.91. The van der Waals surface area contributed by atoms with Crippen LogP contribution in [0.15, 0.2) is 12.7 Å². The van der Waals surface area contributed by atoms with Gasteiger partial charge in [-0.3, -0.25) is 0 Å². The molecule has 0 bridgehead atoms. The van der Waals surface area contributed by atoms with E-state index < -0.39 is 40.7 Å². The van der Waals surface area contributed by atoms with Gasteiger partial charge >= 0.3 is 0 Å². The van der Waals surface area contributed by atoms with Crippen LogP contribution in [0.5, 0.6) is 0 Å². The van der Waals surface area contributed by atoms with Crippen molar-refractivity contribution in [2.24, 2.45) is 5.73 Å². The van der Waals surface area contributed by atoms with E-state index in [0.717, 1.165) is 0 Å². The van der Waals surface area contributed by atoms with Gasteiger partial charge in [0, 0.05) is 11.6 Å². The Balaban J connectivity index is 0.00000289. The van der Waals surface area contributed by atoms with Gasteiger partial charge in [-0.2, -0.15) is 0 Å². The van der Waals surface area contributed by atoms with E-state index in [9.17, 15) is 22.0 Å². The standard InChI is InChI=1S/C11H10F5N.ClH/c1-2-3-4-5(17)6-7(12)9(14)11(16)10(15)8(6)13;/h2,5H,1,3-4,17H2;1H/t5-;/m1./s1. The predicted octanol–water partition coefficient (Wildman–Crippen LogP) is 3.77. The highest BCUT2D eigenvalue weighted by atomic mass is 35.5. The van der Waals surface area contributed by atoms with Gasteiger partial charge in [0.25, 0.3) is 0 Å². The smallest absolute Gasteiger partial charge is 0.200 e. The molecule has 0 heterocycles. The Bertz CT molecular complexity index is 421. The van der Waals surface area contributed by atoms with Crippen LogP contribution in [-0.4, -0.2) is 0 Å². The number of halogens is 6. The SMILES string of the molecule is C=CCC[C@@H](N)c1c(F)c(F)c(F)c(F)c1F.Cl. The third-order valence-corrected chi connectivity index (χ3v) is 2.30. The second-order valence-electron chi connectivity index (χ2n) is 3.46. The first-order valence-electron chi connectivity index (χ1n) is 4.79. The summed E-state index contributed by atoms with van der Waals surface area (Å²) in [6.45, 7) is 3.37. The molecule has 0 aliphatic rings. The Morgan fingerprint density at radius 2 is 1.33 bits per heavy atom. The highest BCUT2D eigenvalue weighted by Crippen LogP contribution is 2.28. The maximum atomic E-state index is 13.3. The lowest BCUT2D eigenvalue weighted by atomic mass is 10.0. The number of rotatable bonds is 4. The average Bonchev–Trinajstić information content (AvgIpc) is 2.31. The molecule has 1 rings (SSSR count). The number of nitrogens with two attached hydrogens (primary N) is 1. The Morgan fingerprint density at radius 3 is 1.72 bits per heavy atom. The summed E-state index contributed by atoms with van der Waals surface area (Å²) in [6.07, 6.45) is 1.79. The molecule has 0 aromatic heterocycles. The highest BCUT2D eigenvalue weighted by molar-refractivity contribution is 5.85. The fraction of sp³-hybridized carbons (Fsp3) is 0.273. The first kappa shape index (κ1) is 16.9. The molecule has 0 spiro atoms. The van der Waals surface area contributed by atoms with Crippen molar-refractivity contribution in [3.8, 4) is 0 Å². The summed E-state index contributed by atoms with van der Waals surface area (Å²) in [5.41, 5.74) is 4.40. The van der Waals surface area contributed by atoms with E-state index in [2.05, 4.69) is 6.58 Å². The zero-order chi connectivity index (χ0) is 13.2. The molecule has 0 saturated carbocycles. The van der Waals surface area contributed by atoms with Crippen LogP contribution < -0.4 is 5.73 Å². The quantitative estimate of drug-likeness (QED) is 0.388. The largest absolute Gasteiger partial charge is 0.324 e. The molecule has 0 aliphatic carbocycles. The first-order valence-corrected chi connectivity index (χ1v) is 4.79. The van der Waals surface area contributed by atoms with E-state index in [4.69, 9.17) is 5.73 Å². The molecule has 0 saturated heterocycles. The molecule has 0 radical (unpaired) electrons. The van der Waals surface area contributed by atoms with Gasteiger partial charge < -0.3 is 5.73 Å². The van der Waals surface area contributed by atoms with Gasteiger partial charge in [0.05, 0.1) is 0 Å². The molecule has 7 heteroatoms. The van der Waals surface area contributed by atoms with E-state index >= 15 is 0 Å². The number of hydrogen-bond donors (Lipinski definition) is 1. The Hall–Kier alpha value is -1.14. The van der Waals surface area contributed by atoms with Crippen molar-refractivity contribution in [2.45, 2.75) is 18.9 Å². The zero-order valence-electron chi connectivity index (χ0n) is 9.15. The fourth-order valence-electron chi connectivity index (χ4n) is 1.39. The molecule has 0 amide bonds. The third-order valence-electron chi connectivity index (χ3n) is 2.30. The molecule has 1 nitrogen and oxygen atoms in total. The summed E-state index contributed by atoms with van der Waals surface area (Å²) < 4.78 is 64.9. The van der Waals surface area contributed by atoms with E-state index in [1.165, 1.54) is 6.08 Å². The van der Waals surface area contributed by atoms with Crippen LogP contribution in [0.25, 0.3) is 0 Å². The van der Waals surface area contributed by atoms with Crippen molar-refractivity contribution in [2.75, 3.05) is 0 Å². The van der Waals surface area contributed by atoms with Gasteiger partial charge in [-0.25, -0.2) is 22.0 Å². The van der Waals surface area contributed by atoms with Gasteiger partial charge in [-0.1, -0.05) is 6.08 Å². The molecule has 0 fully saturated rings. The molecule has 1 atom stereocenters. The van der Waals surface area contributed by atoms with Gasteiger partial charge in [0.2, 0.25) is 5.82 Å². The van der Waals surface area contributed by atoms with E-state index in [1.807, 2.05) is 0 Å². The van der Waals surface area contributed by atoms with Crippen LogP contribution in [0.1, 0.15) is 24.4 Å². The summed E-state index contributed by atoms with van der Waals surface area (Å²) in [6, 6.07) is -1.27. The Labute approximate surface area is 107 Å². The van der Waals surface area contributed by atoms with E-state index in [-0.39, 0.29) is 18.8 Å². The zero-order valence-corrected chi connectivity index (χ0v) is 9.97. The molecular formula is C11H11ClF5N. The second-order valence-corrected chi connectivity index (χ2v) is 3.46. The van der Waals surface area contributed by atoms with Crippen molar-refractivity contribution in [3.63, 3.8) is 0 Å². The molecular weight excluding hydrogens is 277 g/mol. The maximum absolute atomic E-state index is 13.3. The van der Waals surface area contributed by atoms with Crippen molar-refractivity contribution in [1.29, 1.82) is 0 Å². The normalized spacial score (nSPS) is 11.9. The molecule has 0 aliphatic heterocycles. The third kappa shape index (κ3) is 3.00. The minimum Gasteiger partial charge on any atom is -0.324 e. The molecule has 102 valence electrons. The fourth-order valence-corrected chi connectivity index (χ4v) is 1.39. The second kappa shape index (κ2) is 6.70. The van der Waals surface area contributed by atoms with Gasteiger partial charge in [0.1, 0.15) is 0 Å². The lowest BCUT2D eigenvalue weighted by Crippen LogP contribution is -2.17. The number of benzene rings is 1. The van der Waals surface area contributed by atoms with Crippen molar-refractivity contribution in [1.82, 2.24) is 0 Å².